The monoisotopic (exact) mass is 473 g/mol. The summed E-state index contributed by atoms with van der Waals surface area (Å²) in [6.07, 6.45) is 5.39. The molecule has 1 aromatic heterocycles. The van der Waals surface area contributed by atoms with Crippen molar-refractivity contribution in [3.63, 3.8) is 0 Å². The van der Waals surface area contributed by atoms with E-state index in [1.165, 1.54) is 29.5 Å². The van der Waals surface area contributed by atoms with Gasteiger partial charge in [0.05, 0.1) is 5.56 Å². The van der Waals surface area contributed by atoms with Gasteiger partial charge in [-0.15, -0.1) is 11.3 Å². The number of hydrogen-bond donors (Lipinski definition) is 0. The minimum Gasteiger partial charge on any atom is -0.303 e. The van der Waals surface area contributed by atoms with Crippen LogP contribution in [0.4, 0.5) is 4.39 Å². The summed E-state index contributed by atoms with van der Waals surface area (Å²) in [5.74, 6) is 1.63. The quantitative estimate of drug-likeness (QED) is 0.470. The maximum Gasteiger partial charge on any atom is 0.256 e. The van der Waals surface area contributed by atoms with Gasteiger partial charge in [-0.1, -0.05) is 12.1 Å². The molecule has 4 aliphatic rings. The van der Waals surface area contributed by atoms with E-state index < -0.39 is 5.54 Å². The van der Waals surface area contributed by atoms with E-state index in [-0.39, 0.29) is 11.7 Å². The van der Waals surface area contributed by atoms with E-state index in [4.69, 9.17) is 4.99 Å². The number of nitrogens with zero attached hydrogens (tertiary/aromatic N) is 3. The van der Waals surface area contributed by atoms with Crippen molar-refractivity contribution >= 4 is 33.2 Å². The molecule has 4 nitrogen and oxygen atoms in total. The summed E-state index contributed by atoms with van der Waals surface area (Å²) in [5.41, 5.74) is 1.68. The normalized spacial score (nSPS) is 23.9. The Morgan fingerprint density at radius 1 is 1.00 bits per heavy atom. The predicted octanol–water partition coefficient (Wildman–Crippen LogP) is 5.56. The second-order valence-corrected chi connectivity index (χ2v) is 11.6. The summed E-state index contributed by atoms with van der Waals surface area (Å²) in [6, 6.07) is 13.7. The van der Waals surface area contributed by atoms with Crippen LogP contribution < -0.4 is 0 Å². The number of carbonyl (C=O) groups excluding carboxylic acids is 1. The van der Waals surface area contributed by atoms with E-state index >= 15 is 4.39 Å². The SMILES string of the molecule is O=C1N(CC2CCN(CC3CC3)C2)C(c2ccc(-c3ccc4sccc4c3)cc2F)=NC12CC2. The second-order valence-electron chi connectivity index (χ2n) is 10.6. The Morgan fingerprint density at radius 3 is 2.62 bits per heavy atom. The third-order valence-electron chi connectivity index (χ3n) is 7.96. The van der Waals surface area contributed by atoms with Gasteiger partial charge in [0.15, 0.2) is 0 Å². The number of halogens is 1. The van der Waals surface area contributed by atoms with E-state index in [0.29, 0.717) is 23.9 Å². The molecule has 1 saturated heterocycles. The highest BCUT2D eigenvalue weighted by Crippen LogP contribution is 2.46. The smallest absolute Gasteiger partial charge is 0.256 e. The summed E-state index contributed by atoms with van der Waals surface area (Å²) >= 11 is 1.71. The van der Waals surface area contributed by atoms with Crippen molar-refractivity contribution in [3.05, 3.63) is 59.2 Å². The molecule has 0 radical (unpaired) electrons. The zero-order valence-electron chi connectivity index (χ0n) is 19.2. The molecule has 34 heavy (non-hydrogen) atoms. The van der Waals surface area contributed by atoms with E-state index in [9.17, 15) is 4.79 Å². The summed E-state index contributed by atoms with van der Waals surface area (Å²) in [6.45, 7) is 3.99. The molecular formula is C28H28FN3OS. The van der Waals surface area contributed by atoms with Crippen molar-refractivity contribution in [1.82, 2.24) is 9.80 Å². The van der Waals surface area contributed by atoms with Crippen molar-refractivity contribution in [2.45, 2.75) is 37.6 Å². The first-order valence-corrected chi connectivity index (χ1v) is 13.4. The average molecular weight is 474 g/mol. The first kappa shape index (κ1) is 20.8. The number of benzene rings is 2. The van der Waals surface area contributed by atoms with Gasteiger partial charge in [0.25, 0.3) is 5.91 Å². The Hall–Kier alpha value is -2.57. The highest BCUT2D eigenvalue weighted by Gasteiger charge is 2.57. The zero-order chi connectivity index (χ0) is 22.9. The number of amides is 1. The third kappa shape index (κ3) is 3.59. The van der Waals surface area contributed by atoms with Gasteiger partial charge in [0.1, 0.15) is 17.2 Å². The maximum atomic E-state index is 15.5. The number of rotatable bonds is 6. The molecule has 0 N–H and O–H groups in total. The van der Waals surface area contributed by atoms with Crippen LogP contribution in [0.15, 0.2) is 52.8 Å². The lowest BCUT2D eigenvalue weighted by Crippen LogP contribution is -2.40. The summed E-state index contributed by atoms with van der Waals surface area (Å²) in [4.78, 5) is 22.5. The minimum atomic E-state index is -0.614. The van der Waals surface area contributed by atoms with Gasteiger partial charge in [-0.25, -0.2) is 4.39 Å². The van der Waals surface area contributed by atoms with Gasteiger partial charge in [-0.05, 0) is 103 Å². The molecule has 3 aromatic rings. The van der Waals surface area contributed by atoms with E-state index in [1.54, 1.807) is 17.4 Å². The lowest BCUT2D eigenvalue weighted by Gasteiger charge is -2.24. The van der Waals surface area contributed by atoms with Crippen LogP contribution in [0, 0.1) is 17.7 Å². The van der Waals surface area contributed by atoms with Crippen LogP contribution in [0.25, 0.3) is 21.2 Å². The fourth-order valence-corrected chi connectivity index (χ4v) is 6.42. The molecule has 7 rings (SSSR count). The Morgan fingerprint density at radius 2 is 1.82 bits per heavy atom. The van der Waals surface area contributed by atoms with E-state index in [2.05, 4.69) is 28.5 Å². The van der Waals surface area contributed by atoms with Crippen molar-refractivity contribution in [1.29, 1.82) is 0 Å². The van der Waals surface area contributed by atoms with Crippen molar-refractivity contribution in [2.24, 2.45) is 16.8 Å². The number of amidine groups is 1. The third-order valence-corrected chi connectivity index (χ3v) is 8.86. The number of likely N-dealkylation sites (tertiary alicyclic amines) is 1. The molecule has 2 aliphatic carbocycles. The van der Waals surface area contributed by atoms with E-state index in [0.717, 1.165) is 49.4 Å². The lowest BCUT2D eigenvalue weighted by molar-refractivity contribution is -0.128. The minimum absolute atomic E-state index is 0.0783. The molecule has 1 spiro atoms. The number of carbonyl (C=O) groups is 1. The standard InChI is InChI=1S/C28H28FN3OS/c29-24-14-21(20-4-6-25-22(13-20)8-12-34-25)3-5-23(24)26-30-28(9-10-28)27(33)32(26)17-19-7-11-31(16-19)15-18-1-2-18/h3-6,8,12-14,18-19H,1-2,7,9-11,15-17H2. The van der Waals surface area contributed by atoms with Gasteiger partial charge in [0.2, 0.25) is 0 Å². The highest BCUT2D eigenvalue weighted by molar-refractivity contribution is 7.17. The van der Waals surface area contributed by atoms with Gasteiger partial charge in [-0.3, -0.25) is 14.7 Å². The molecule has 1 atom stereocenters. The Balaban J connectivity index is 1.15. The van der Waals surface area contributed by atoms with Gasteiger partial charge in [0, 0.05) is 24.3 Å². The number of aliphatic imine (C=N–C) groups is 1. The lowest BCUT2D eigenvalue weighted by atomic mass is 10.0. The summed E-state index contributed by atoms with van der Waals surface area (Å²) in [7, 11) is 0. The Kier molecular flexibility index (Phi) is 4.72. The predicted molar refractivity (Wildman–Crippen MR) is 135 cm³/mol. The molecule has 2 aliphatic heterocycles. The summed E-state index contributed by atoms with van der Waals surface area (Å²) < 4.78 is 16.7. The van der Waals surface area contributed by atoms with Crippen LogP contribution in [-0.4, -0.2) is 53.3 Å². The Labute approximate surface area is 203 Å². The van der Waals surface area contributed by atoms with E-state index in [1.807, 2.05) is 23.1 Å². The topological polar surface area (TPSA) is 35.9 Å². The fraction of sp³-hybridized carbons (Fsp3) is 0.429. The Bertz CT molecular complexity index is 1320. The molecule has 3 fully saturated rings. The van der Waals surface area contributed by atoms with Crippen LogP contribution in [0.2, 0.25) is 0 Å². The largest absolute Gasteiger partial charge is 0.303 e. The molecule has 2 saturated carbocycles. The molecule has 1 amide bonds. The van der Waals surface area contributed by atoms with Crippen LogP contribution in [0.5, 0.6) is 0 Å². The van der Waals surface area contributed by atoms with Crippen LogP contribution in [-0.2, 0) is 4.79 Å². The molecule has 2 aromatic carbocycles. The molecule has 6 heteroatoms. The van der Waals surface area contributed by atoms with Crippen molar-refractivity contribution in [2.75, 3.05) is 26.2 Å². The van der Waals surface area contributed by atoms with Crippen LogP contribution in [0.1, 0.15) is 37.7 Å². The molecule has 3 heterocycles. The molecule has 174 valence electrons. The summed E-state index contributed by atoms with van der Waals surface area (Å²) in [5, 5.41) is 3.25. The number of hydrogen-bond acceptors (Lipinski definition) is 4. The number of fused-ring (bicyclic) bond motifs is 1. The molecule has 0 bridgehead atoms. The first-order valence-electron chi connectivity index (χ1n) is 12.5. The van der Waals surface area contributed by atoms with Gasteiger partial charge >= 0.3 is 0 Å². The van der Waals surface area contributed by atoms with Gasteiger partial charge < -0.3 is 4.90 Å². The van der Waals surface area contributed by atoms with Crippen LogP contribution in [0.3, 0.4) is 0 Å². The second kappa shape index (κ2) is 7.72. The van der Waals surface area contributed by atoms with Crippen molar-refractivity contribution < 1.29 is 9.18 Å². The van der Waals surface area contributed by atoms with Crippen LogP contribution >= 0.6 is 11.3 Å². The van der Waals surface area contributed by atoms with Gasteiger partial charge in [-0.2, -0.15) is 0 Å². The molecular weight excluding hydrogens is 445 g/mol. The first-order chi connectivity index (χ1) is 16.6. The average Bonchev–Trinajstić information content (AvgIpc) is 3.69. The fourth-order valence-electron chi connectivity index (χ4n) is 5.65. The number of thiophene rings is 1. The molecule has 1 unspecified atom stereocenters. The van der Waals surface area contributed by atoms with Crippen molar-refractivity contribution in [3.8, 4) is 11.1 Å². The maximum absolute atomic E-state index is 15.5. The zero-order valence-corrected chi connectivity index (χ0v) is 20.0. The highest BCUT2D eigenvalue weighted by atomic mass is 32.1.